The lowest BCUT2D eigenvalue weighted by Gasteiger charge is -2.11. The van der Waals surface area contributed by atoms with Crippen molar-refractivity contribution >= 4 is 11.8 Å². The standard InChI is InChI=1S/C15H17F3N4O2S/c16-15(17,18)10-24-12-4-1-3-11(7-12)9-25-14-19-20-21-22(14)8-13-5-2-6-23-13/h1,3-4,7,13H,2,5-6,8-10H2/t13-/m1/s1. The Morgan fingerprint density at radius 1 is 1.36 bits per heavy atom. The highest BCUT2D eigenvalue weighted by Crippen LogP contribution is 2.25. The molecule has 0 amide bonds. The molecule has 25 heavy (non-hydrogen) atoms. The van der Waals surface area contributed by atoms with E-state index in [9.17, 15) is 13.2 Å². The molecule has 1 atom stereocenters. The van der Waals surface area contributed by atoms with Gasteiger partial charge in [-0.3, -0.25) is 0 Å². The molecule has 1 aromatic carbocycles. The maximum absolute atomic E-state index is 12.2. The van der Waals surface area contributed by atoms with Crippen molar-refractivity contribution in [1.29, 1.82) is 0 Å². The molecule has 10 heteroatoms. The summed E-state index contributed by atoms with van der Waals surface area (Å²) in [5.41, 5.74) is 0.830. The maximum atomic E-state index is 12.2. The molecule has 6 nitrogen and oxygen atoms in total. The Hall–Kier alpha value is -1.81. The lowest BCUT2D eigenvalue weighted by molar-refractivity contribution is -0.153. The average Bonchev–Trinajstić information content (AvgIpc) is 3.23. The highest BCUT2D eigenvalue weighted by atomic mass is 32.2. The Bertz CT molecular complexity index is 689. The highest BCUT2D eigenvalue weighted by Gasteiger charge is 2.28. The SMILES string of the molecule is FC(F)(F)COc1cccc(CSc2nnnn2C[C@H]2CCCO2)c1. The van der Waals surface area contributed by atoms with Crippen LogP contribution in [-0.2, 0) is 17.0 Å². The first-order chi connectivity index (χ1) is 12.0. The van der Waals surface area contributed by atoms with Crippen LogP contribution in [-0.4, -0.2) is 45.7 Å². The maximum Gasteiger partial charge on any atom is 0.422 e. The van der Waals surface area contributed by atoms with Gasteiger partial charge in [-0.25, -0.2) is 4.68 Å². The molecule has 2 aromatic rings. The van der Waals surface area contributed by atoms with Crippen molar-refractivity contribution in [2.24, 2.45) is 0 Å². The lowest BCUT2D eigenvalue weighted by atomic mass is 10.2. The summed E-state index contributed by atoms with van der Waals surface area (Å²) in [6.07, 6.45) is -2.19. The number of hydrogen-bond donors (Lipinski definition) is 0. The van der Waals surface area contributed by atoms with Crippen LogP contribution in [0, 0.1) is 0 Å². The van der Waals surface area contributed by atoms with E-state index in [1.54, 1.807) is 16.8 Å². The van der Waals surface area contributed by atoms with Crippen molar-refractivity contribution in [2.75, 3.05) is 13.2 Å². The van der Waals surface area contributed by atoms with Gasteiger partial charge in [0.05, 0.1) is 12.6 Å². The van der Waals surface area contributed by atoms with E-state index >= 15 is 0 Å². The molecule has 1 saturated heterocycles. The van der Waals surface area contributed by atoms with Crippen molar-refractivity contribution in [3.63, 3.8) is 0 Å². The van der Waals surface area contributed by atoms with Gasteiger partial charge in [-0.15, -0.1) is 5.10 Å². The summed E-state index contributed by atoms with van der Waals surface area (Å²) in [5, 5.41) is 12.3. The molecule has 1 aromatic heterocycles. The van der Waals surface area contributed by atoms with Gasteiger partial charge >= 0.3 is 6.18 Å². The van der Waals surface area contributed by atoms with Crippen molar-refractivity contribution in [3.8, 4) is 5.75 Å². The van der Waals surface area contributed by atoms with E-state index in [0.29, 0.717) is 17.5 Å². The predicted molar refractivity (Wildman–Crippen MR) is 84.3 cm³/mol. The molecule has 136 valence electrons. The van der Waals surface area contributed by atoms with Gasteiger partial charge in [0.15, 0.2) is 6.61 Å². The van der Waals surface area contributed by atoms with Gasteiger partial charge in [-0.2, -0.15) is 13.2 Å². The first-order valence-electron chi connectivity index (χ1n) is 7.79. The molecule has 0 spiro atoms. The summed E-state index contributed by atoms with van der Waals surface area (Å²) < 4.78 is 48.7. The fraction of sp³-hybridized carbons (Fsp3) is 0.533. The summed E-state index contributed by atoms with van der Waals surface area (Å²) >= 11 is 1.42. The van der Waals surface area contributed by atoms with E-state index in [1.165, 1.54) is 17.8 Å². The number of rotatable bonds is 7. The van der Waals surface area contributed by atoms with E-state index < -0.39 is 12.8 Å². The third-order valence-corrected chi connectivity index (χ3v) is 4.60. The van der Waals surface area contributed by atoms with Crippen molar-refractivity contribution in [3.05, 3.63) is 29.8 Å². The summed E-state index contributed by atoms with van der Waals surface area (Å²) in [5.74, 6) is 0.712. The summed E-state index contributed by atoms with van der Waals surface area (Å²) in [4.78, 5) is 0. The summed E-state index contributed by atoms with van der Waals surface area (Å²) in [7, 11) is 0. The van der Waals surface area contributed by atoms with Crippen molar-refractivity contribution in [1.82, 2.24) is 20.2 Å². The van der Waals surface area contributed by atoms with Crippen LogP contribution in [0.1, 0.15) is 18.4 Å². The molecular formula is C15H17F3N4O2S. The predicted octanol–water partition coefficient (Wildman–Crippen LogP) is 3.09. The Morgan fingerprint density at radius 3 is 3.00 bits per heavy atom. The zero-order chi connectivity index (χ0) is 17.7. The number of nitrogens with zero attached hydrogens (tertiary/aromatic N) is 4. The normalized spacial score (nSPS) is 17.8. The number of aromatic nitrogens is 4. The van der Waals surface area contributed by atoms with E-state index in [0.717, 1.165) is 25.0 Å². The van der Waals surface area contributed by atoms with Crippen LogP contribution >= 0.6 is 11.8 Å². The van der Waals surface area contributed by atoms with Gasteiger partial charge in [0.25, 0.3) is 0 Å². The molecule has 1 aliphatic rings. The highest BCUT2D eigenvalue weighted by molar-refractivity contribution is 7.98. The van der Waals surface area contributed by atoms with Crippen molar-refractivity contribution < 1.29 is 22.6 Å². The number of hydrogen-bond acceptors (Lipinski definition) is 6. The van der Waals surface area contributed by atoms with Crippen LogP contribution in [0.15, 0.2) is 29.4 Å². The van der Waals surface area contributed by atoms with Gasteiger partial charge in [0, 0.05) is 12.4 Å². The minimum absolute atomic E-state index is 0.127. The van der Waals surface area contributed by atoms with Crippen molar-refractivity contribution in [2.45, 2.75) is 42.6 Å². The molecule has 2 heterocycles. The lowest BCUT2D eigenvalue weighted by Crippen LogP contribution is -2.19. The third-order valence-electron chi connectivity index (χ3n) is 3.57. The van der Waals surface area contributed by atoms with E-state index in [1.807, 2.05) is 6.07 Å². The number of halogens is 3. The number of benzene rings is 1. The Labute approximate surface area is 146 Å². The van der Waals surface area contributed by atoms with Crippen LogP contribution in [0.25, 0.3) is 0 Å². The molecule has 3 rings (SSSR count). The van der Waals surface area contributed by atoms with Gasteiger partial charge in [0.2, 0.25) is 5.16 Å². The monoisotopic (exact) mass is 374 g/mol. The van der Waals surface area contributed by atoms with Crippen LogP contribution in [0.3, 0.4) is 0 Å². The second-order valence-corrected chi connectivity index (χ2v) is 6.56. The Morgan fingerprint density at radius 2 is 2.24 bits per heavy atom. The van der Waals surface area contributed by atoms with E-state index in [-0.39, 0.29) is 11.9 Å². The number of thioether (sulfide) groups is 1. The molecule has 1 fully saturated rings. The molecule has 0 N–H and O–H groups in total. The first-order valence-corrected chi connectivity index (χ1v) is 8.77. The molecule has 0 saturated carbocycles. The van der Waals surface area contributed by atoms with Gasteiger partial charge in [-0.1, -0.05) is 23.9 Å². The average molecular weight is 374 g/mol. The van der Waals surface area contributed by atoms with Crippen LogP contribution in [0.4, 0.5) is 13.2 Å². The second-order valence-electron chi connectivity index (χ2n) is 5.62. The zero-order valence-electron chi connectivity index (χ0n) is 13.3. The molecule has 0 radical (unpaired) electrons. The number of tetrazole rings is 1. The van der Waals surface area contributed by atoms with Gasteiger partial charge in [0.1, 0.15) is 5.75 Å². The van der Waals surface area contributed by atoms with Crippen LogP contribution < -0.4 is 4.74 Å². The minimum atomic E-state index is -4.35. The van der Waals surface area contributed by atoms with Gasteiger partial charge < -0.3 is 9.47 Å². The van der Waals surface area contributed by atoms with E-state index in [4.69, 9.17) is 9.47 Å². The minimum Gasteiger partial charge on any atom is -0.484 e. The van der Waals surface area contributed by atoms with Crippen LogP contribution in [0.5, 0.6) is 5.75 Å². The largest absolute Gasteiger partial charge is 0.484 e. The fourth-order valence-corrected chi connectivity index (χ4v) is 3.26. The second kappa shape index (κ2) is 8.05. The molecule has 0 bridgehead atoms. The summed E-state index contributed by atoms with van der Waals surface area (Å²) in [6, 6.07) is 6.58. The Kier molecular flexibility index (Phi) is 5.79. The smallest absolute Gasteiger partial charge is 0.422 e. The van der Waals surface area contributed by atoms with E-state index in [2.05, 4.69) is 15.5 Å². The zero-order valence-corrected chi connectivity index (χ0v) is 14.1. The molecule has 0 aliphatic carbocycles. The topological polar surface area (TPSA) is 62.1 Å². The fourth-order valence-electron chi connectivity index (χ4n) is 2.43. The third kappa shape index (κ3) is 5.60. The quantitative estimate of drug-likeness (QED) is 0.694. The molecule has 0 unspecified atom stereocenters. The van der Waals surface area contributed by atoms with Crippen LogP contribution in [0.2, 0.25) is 0 Å². The van der Waals surface area contributed by atoms with Gasteiger partial charge in [-0.05, 0) is 41.0 Å². The number of alkyl halides is 3. The first kappa shape index (κ1) is 18.0. The summed E-state index contributed by atoms with van der Waals surface area (Å²) in [6.45, 7) is 0.0628. The Balaban J connectivity index is 1.56. The number of ether oxygens (including phenoxy) is 2. The molecule has 1 aliphatic heterocycles. The molecular weight excluding hydrogens is 357 g/mol.